The molecule has 1 amide bonds. The molecule has 0 aliphatic heterocycles. The Bertz CT molecular complexity index is 660. The highest BCUT2D eigenvalue weighted by atomic mass is 16.4. The first-order chi connectivity index (χ1) is 10.3. The highest BCUT2D eigenvalue weighted by Gasteiger charge is 2.37. The molecule has 0 bridgehead atoms. The lowest BCUT2D eigenvalue weighted by molar-refractivity contribution is 0.0750. The van der Waals surface area contributed by atoms with Crippen LogP contribution in [0.15, 0.2) is 4.42 Å². The SMILES string of the molecule is Cc1c(C(=O)N(CC#N)CC#N)oc2c1C(O)CC(C)(C)C2. The summed E-state index contributed by atoms with van der Waals surface area (Å²) >= 11 is 0. The first kappa shape index (κ1) is 16.1. The maximum Gasteiger partial charge on any atom is 0.291 e. The average Bonchev–Trinajstić information content (AvgIpc) is 2.73. The van der Waals surface area contributed by atoms with E-state index in [1.54, 1.807) is 6.92 Å². The van der Waals surface area contributed by atoms with Gasteiger partial charge in [0.15, 0.2) is 5.76 Å². The Morgan fingerprint density at radius 1 is 1.41 bits per heavy atom. The quantitative estimate of drug-likeness (QED) is 0.861. The fourth-order valence-corrected chi connectivity index (χ4v) is 3.00. The lowest BCUT2D eigenvalue weighted by Gasteiger charge is -2.31. The minimum Gasteiger partial charge on any atom is -0.455 e. The van der Waals surface area contributed by atoms with Crippen molar-refractivity contribution in [3.8, 4) is 12.1 Å². The number of amides is 1. The van der Waals surface area contributed by atoms with Crippen LogP contribution in [0.3, 0.4) is 0 Å². The van der Waals surface area contributed by atoms with E-state index in [-0.39, 0.29) is 24.3 Å². The summed E-state index contributed by atoms with van der Waals surface area (Å²) < 4.78 is 5.71. The van der Waals surface area contributed by atoms with Crippen LogP contribution in [-0.2, 0) is 6.42 Å². The van der Waals surface area contributed by atoms with Crippen molar-refractivity contribution in [2.24, 2.45) is 5.41 Å². The van der Waals surface area contributed by atoms with Gasteiger partial charge in [0.25, 0.3) is 5.91 Å². The third kappa shape index (κ3) is 2.84. The number of nitriles is 2. The van der Waals surface area contributed by atoms with Gasteiger partial charge in [0.2, 0.25) is 0 Å². The Morgan fingerprint density at radius 3 is 2.55 bits per heavy atom. The van der Waals surface area contributed by atoms with Crippen LogP contribution < -0.4 is 0 Å². The van der Waals surface area contributed by atoms with Gasteiger partial charge in [0.05, 0.1) is 18.2 Å². The van der Waals surface area contributed by atoms with E-state index < -0.39 is 12.0 Å². The first-order valence-corrected chi connectivity index (χ1v) is 7.14. The number of hydrogen-bond donors (Lipinski definition) is 1. The van der Waals surface area contributed by atoms with E-state index in [0.717, 1.165) is 4.90 Å². The topological polar surface area (TPSA) is 101 Å². The number of rotatable bonds is 3. The number of fused-ring (bicyclic) bond motifs is 1. The Morgan fingerprint density at radius 2 is 2.00 bits per heavy atom. The van der Waals surface area contributed by atoms with Crippen LogP contribution in [0.2, 0.25) is 0 Å². The smallest absolute Gasteiger partial charge is 0.291 e. The van der Waals surface area contributed by atoms with E-state index in [0.29, 0.717) is 29.7 Å². The molecule has 116 valence electrons. The predicted octanol–water partition coefficient (Wildman–Crippen LogP) is 2.08. The highest BCUT2D eigenvalue weighted by Crippen LogP contribution is 2.44. The van der Waals surface area contributed by atoms with Crippen molar-refractivity contribution in [3.05, 3.63) is 22.6 Å². The third-order valence-electron chi connectivity index (χ3n) is 3.99. The second kappa shape index (κ2) is 5.82. The van der Waals surface area contributed by atoms with E-state index in [4.69, 9.17) is 14.9 Å². The monoisotopic (exact) mass is 301 g/mol. The minimum absolute atomic E-state index is 0.101. The maximum atomic E-state index is 12.5. The molecule has 1 unspecified atom stereocenters. The summed E-state index contributed by atoms with van der Waals surface area (Å²) in [5, 5.41) is 27.9. The number of furan rings is 1. The summed E-state index contributed by atoms with van der Waals surface area (Å²) in [5.74, 6) is 0.255. The Kier molecular flexibility index (Phi) is 4.25. The second-order valence-electron chi connectivity index (χ2n) is 6.43. The molecule has 1 aromatic rings. The molecular weight excluding hydrogens is 282 g/mol. The molecule has 22 heavy (non-hydrogen) atoms. The van der Waals surface area contributed by atoms with Gasteiger partial charge in [0.1, 0.15) is 18.8 Å². The number of aliphatic hydroxyl groups is 1. The number of hydrogen-bond acceptors (Lipinski definition) is 5. The number of nitrogens with zero attached hydrogens (tertiary/aromatic N) is 3. The lowest BCUT2D eigenvalue weighted by Crippen LogP contribution is -2.32. The van der Waals surface area contributed by atoms with Crippen molar-refractivity contribution >= 4 is 5.91 Å². The highest BCUT2D eigenvalue weighted by molar-refractivity contribution is 5.93. The number of aliphatic hydroxyl groups excluding tert-OH is 1. The Balaban J connectivity index is 2.41. The van der Waals surface area contributed by atoms with Gasteiger partial charge in [-0.05, 0) is 18.8 Å². The van der Waals surface area contributed by atoms with E-state index in [2.05, 4.69) is 0 Å². The second-order valence-corrected chi connectivity index (χ2v) is 6.43. The summed E-state index contributed by atoms with van der Waals surface area (Å²) in [5.41, 5.74) is 1.18. The normalized spacial score (nSPS) is 18.9. The van der Waals surface area contributed by atoms with Crippen LogP contribution in [0.25, 0.3) is 0 Å². The van der Waals surface area contributed by atoms with Gasteiger partial charge in [-0.25, -0.2) is 0 Å². The number of carbonyl (C=O) groups is 1. The van der Waals surface area contributed by atoms with Crippen LogP contribution in [0.5, 0.6) is 0 Å². The molecule has 1 N–H and O–H groups in total. The van der Waals surface area contributed by atoms with E-state index in [9.17, 15) is 9.90 Å². The Hall–Kier alpha value is -2.31. The molecule has 6 nitrogen and oxygen atoms in total. The molecule has 0 radical (unpaired) electrons. The zero-order valence-electron chi connectivity index (χ0n) is 13.0. The van der Waals surface area contributed by atoms with Crippen molar-refractivity contribution < 1.29 is 14.3 Å². The van der Waals surface area contributed by atoms with Crippen LogP contribution in [-0.4, -0.2) is 29.0 Å². The molecule has 1 atom stereocenters. The zero-order chi connectivity index (χ0) is 16.5. The molecule has 1 aromatic heterocycles. The first-order valence-electron chi connectivity index (χ1n) is 7.14. The van der Waals surface area contributed by atoms with Crippen LogP contribution in [0, 0.1) is 35.0 Å². The van der Waals surface area contributed by atoms with Gasteiger partial charge in [-0.3, -0.25) is 4.79 Å². The Labute approximate surface area is 129 Å². The summed E-state index contributed by atoms with van der Waals surface area (Å²) in [4.78, 5) is 13.6. The third-order valence-corrected chi connectivity index (χ3v) is 3.99. The van der Waals surface area contributed by atoms with E-state index in [1.807, 2.05) is 26.0 Å². The predicted molar refractivity (Wildman–Crippen MR) is 77.6 cm³/mol. The van der Waals surface area contributed by atoms with Gasteiger partial charge in [0, 0.05) is 17.5 Å². The molecule has 0 saturated carbocycles. The fourth-order valence-electron chi connectivity index (χ4n) is 3.00. The largest absolute Gasteiger partial charge is 0.455 e. The van der Waals surface area contributed by atoms with Crippen molar-refractivity contribution in [1.82, 2.24) is 4.90 Å². The van der Waals surface area contributed by atoms with E-state index in [1.165, 1.54) is 0 Å². The molecule has 0 aromatic carbocycles. The summed E-state index contributed by atoms with van der Waals surface area (Å²) in [7, 11) is 0. The molecule has 0 fully saturated rings. The molecule has 2 rings (SSSR count). The summed E-state index contributed by atoms with van der Waals surface area (Å²) in [6.45, 7) is 5.46. The average molecular weight is 301 g/mol. The maximum absolute atomic E-state index is 12.5. The van der Waals surface area contributed by atoms with Crippen LogP contribution >= 0.6 is 0 Å². The summed E-state index contributed by atoms with van der Waals surface area (Å²) in [6.07, 6.45) is 0.586. The van der Waals surface area contributed by atoms with Crippen molar-refractivity contribution in [1.29, 1.82) is 10.5 Å². The minimum atomic E-state index is -0.663. The van der Waals surface area contributed by atoms with Gasteiger partial charge in [-0.15, -0.1) is 0 Å². The molecule has 0 spiro atoms. The standard InChI is InChI=1S/C16H19N3O3/c1-10-13-11(20)8-16(2,3)9-12(13)22-14(10)15(21)19(6-4-17)7-5-18/h11,20H,6-9H2,1-3H3. The molecule has 1 heterocycles. The van der Waals surface area contributed by atoms with Crippen molar-refractivity contribution in [2.45, 2.75) is 39.7 Å². The van der Waals surface area contributed by atoms with Crippen molar-refractivity contribution in [2.75, 3.05) is 13.1 Å². The molecular formula is C16H19N3O3. The van der Waals surface area contributed by atoms with E-state index >= 15 is 0 Å². The summed E-state index contributed by atoms with van der Waals surface area (Å²) in [6, 6.07) is 3.74. The molecule has 1 aliphatic rings. The van der Waals surface area contributed by atoms with Gasteiger partial charge >= 0.3 is 0 Å². The van der Waals surface area contributed by atoms with Crippen LogP contribution in [0.1, 0.15) is 53.8 Å². The molecule has 1 aliphatic carbocycles. The molecule has 6 heteroatoms. The molecule has 0 saturated heterocycles. The number of carbonyl (C=O) groups excluding carboxylic acids is 1. The van der Waals surface area contributed by atoms with Gasteiger partial charge < -0.3 is 14.4 Å². The van der Waals surface area contributed by atoms with Crippen LogP contribution in [0.4, 0.5) is 0 Å². The van der Waals surface area contributed by atoms with Crippen molar-refractivity contribution in [3.63, 3.8) is 0 Å². The van der Waals surface area contributed by atoms with Gasteiger partial charge in [-0.1, -0.05) is 13.8 Å². The lowest BCUT2D eigenvalue weighted by atomic mass is 9.75. The fraction of sp³-hybridized carbons (Fsp3) is 0.562. The zero-order valence-corrected chi connectivity index (χ0v) is 13.0. The van der Waals surface area contributed by atoms with Gasteiger partial charge in [-0.2, -0.15) is 10.5 Å².